The lowest BCUT2D eigenvalue weighted by atomic mass is 10.2. The fourth-order valence-electron chi connectivity index (χ4n) is 2.94. The fraction of sp³-hybridized carbons (Fsp3) is 0.389. The monoisotopic (exact) mass is 355 g/mol. The Morgan fingerprint density at radius 2 is 2.16 bits per heavy atom. The molecule has 1 aromatic heterocycles. The van der Waals surface area contributed by atoms with Crippen LogP contribution in [0.15, 0.2) is 36.5 Å². The first kappa shape index (κ1) is 17.5. The van der Waals surface area contributed by atoms with Crippen LogP contribution < -0.4 is 5.32 Å². The van der Waals surface area contributed by atoms with Gasteiger partial charge in [-0.3, -0.25) is 9.69 Å². The Morgan fingerprint density at radius 3 is 2.84 bits per heavy atom. The standard InChI is InChI=1S/C18H21N5OS/c1-18(2)13-22(8-9-25-18)12-16(24)21-17-14(10-19)11-20-23(17)15-6-4-3-5-7-15/h3-7,11H,8-9,12-13H2,1-2H3,(H,21,24). The van der Waals surface area contributed by atoms with Crippen molar-refractivity contribution in [1.29, 1.82) is 5.26 Å². The van der Waals surface area contributed by atoms with Crippen molar-refractivity contribution in [1.82, 2.24) is 14.7 Å². The van der Waals surface area contributed by atoms with Crippen molar-refractivity contribution in [2.45, 2.75) is 18.6 Å². The van der Waals surface area contributed by atoms with Gasteiger partial charge in [-0.05, 0) is 26.0 Å². The van der Waals surface area contributed by atoms with E-state index >= 15 is 0 Å². The summed E-state index contributed by atoms with van der Waals surface area (Å²) in [6.45, 7) is 6.47. The molecule has 1 aliphatic rings. The van der Waals surface area contributed by atoms with Crippen molar-refractivity contribution < 1.29 is 4.79 Å². The van der Waals surface area contributed by atoms with Gasteiger partial charge in [-0.1, -0.05) is 18.2 Å². The van der Waals surface area contributed by atoms with Gasteiger partial charge in [-0.2, -0.15) is 22.1 Å². The number of aromatic nitrogens is 2. The van der Waals surface area contributed by atoms with E-state index in [-0.39, 0.29) is 10.7 Å². The highest BCUT2D eigenvalue weighted by molar-refractivity contribution is 8.00. The Bertz CT molecular complexity index is 794. The molecule has 25 heavy (non-hydrogen) atoms. The number of para-hydroxylation sites is 1. The summed E-state index contributed by atoms with van der Waals surface area (Å²) >= 11 is 1.93. The smallest absolute Gasteiger partial charge is 0.239 e. The third kappa shape index (κ3) is 4.21. The molecule has 3 rings (SSSR count). The number of hydrogen-bond acceptors (Lipinski definition) is 5. The number of amides is 1. The van der Waals surface area contributed by atoms with E-state index in [0.717, 1.165) is 24.5 Å². The number of rotatable bonds is 4. The zero-order valence-corrected chi connectivity index (χ0v) is 15.2. The van der Waals surface area contributed by atoms with Crippen molar-refractivity contribution in [3.63, 3.8) is 0 Å². The van der Waals surface area contributed by atoms with Crippen LogP contribution in [0.1, 0.15) is 19.4 Å². The number of hydrogen-bond donors (Lipinski definition) is 1. The van der Waals surface area contributed by atoms with Crippen molar-refractivity contribution >= 4 is 23.5 Å². The highest BCUT2D eigenvalue weighted by atomic mass is 32.2. The van der Waals surface area contributed by atoms with Gasteiger partial charge in [0.05, 0.1) is 18.4 Å². The molecule has 1 amide bonds. The van der Waals surface area contributed by atoms with Gasteiger partial charge in [-0.15, -0.1) is 0 Å². The average Bonchev–Trinajstić information content (AvgIpc) is 2.97. The minimum absolute atomic E-state index is 0.128. The van der Waals surface area contributed by atoms with Gasteiger partial charge in [0.2, 0.25) is 5.91 Å². The first-order valence-corrected chi connectivity index (χ1v) is 9.17. The van der Waals surface area contributed by atoms with Crippen LogP contribution in [0, 0.1) is 11.3 Å². The lowest BCUT2D eigenvalue weighted by Crippen LogP contribution is -2.46. The predicted molar refractivity (Wildman–Crippen MR) is 99.9 cm³/mol. The van der Waals surface area contributed by atoms with E-state index in [2.05, 4.69) is 35.2 Å². The number of benzene rings is 1. The van der Waals surface area contributed by atoms with Gasteiger partial charge >= 0.3 is 0 Å². The maximum atomic E-state index is 12.5. The Kier molecular flexibility index (Phi) is 5.11. The lowest BCUT2D eigenvalue weighted by molar-refractivity contribution is -0.117. The summed E-state index contributed by atoms with van der Waals surface area (Å²) in [6, 6.07) is 11.6. The fourth-order valence-corrected chi connectivity index (χ4v) is 4.12. The van der Waals surface area contributed by atoms with E-state index in [4.69, 9.17) is 0 Å². The molecule has 7 heteroatoms. The molecule has 0 radical (unpaired) electrons. The third-order valence-corrected chi connectivity index (χ3v) is 5.32. The molecule has 0 saturated carbocycles. The molecule has 0 atom stereocenters. The van der Waals surface area contributed by atoms with Crippen LogP contribution >= 0.6 is 11.8 Å². The molecular formula is C18H21N5OS. The summed E-state index contributed by atoms with van der Waals surface area (Å²) in [6.07, 6.45) is 1.48. The summed E-state index contributed by atoms with van der Waals surface area (Å²) in [4.78, 5) is 14.7. The van der Waals surface area contributed by atoms with Crippen molar-refractivity contribution in [3.05, 3.63) is 42.1 Å². The van der Waals surface area contributed by atoms with E-state index in [1.807, 2.05) is 42.1 Å². The highest BCUT2D eigenvalue weighted by Crippen LogP contribution is 2.29. The molecule has 1 aliphatic heterocycles. The molecule has 0 bridgehead atoms. The minimum atomic E-state index is -0.128. The maximum Gasteiger partial charge on any atom is 0.239 e. The van der Waals surface area contributed by atoms with Gasteiger partial charge in [0.15, 0.2) is 5.82 Å². The van der Waals surface area contributed by atoms with Crippen LogP contribution in [0.5, 0.6) is 0 Å². The molecule has 2 aromatic rings. The second-order valence-corrected chi connectivity index (χ2v) is 8.44. The molecule has 0 unspecified atom stereocenters. The largest absolute Gasteiger partial charge is 0.308 e. The van der Waals surface area contributed by atoms with Crippen LogP contribution in [0.2, 0.25) is 0 Å². The van der Waals surface area contributed by atoms with Gasteiger partial charge in [-0.25, -0.2) is 4.68 Å². The molecular weight excluding hydrogens is 334 g/mol. The zero-order chi connectivity index (χ0) is 17.9. The van der Waals surface area contributed by atoms with Gasteiger partial charge in [0, 0.05) is 23.6 Å². The minimum Gasteiger partial charge on any atom is -0.308 e. The highest BCUT2D eigenvalue weighted by Gasteiger charge is 2.28. The van der Waals surface area contributed by atoms with Gasteiger partial charge < -0.3 is 5.32 Å². The SMILES string of the molecule is CC1(C)CN(CC(=O)Nc2c(C#N)cnn2-c2ccccc2)CCS1. The zero-order valence-electron chi connectivity index (χ0n) is 14.4. The average molecular weight is 355 g/mol. The normalized spacial score (nSPS) is 17.0. The Hall–Kier alpha value is -2.30. The number of nitrogens with zero attached hydrogens (tertiary/aromatic N) is 4. The predicted octanol–water partition coefficient (Wildman–Crippen LogP) is 2.51. The number of thioether (sulfide) groups is 1. The Morgan fingerprint density at radius 1 is 1.40 bits per heavy atom. The summed E-state index contributed by atoms with van der Waals surface area (Å²) < 4.78 is 1.74. The Balaban J connectivity index is 1.75. The summed E-state index contributed by atoms with van der Waals surface area (Å²) in [7, 11) is 0. The van der Waals surface area contributed by atoms with Crippen LogP contribution in [0.3, 0.4) is 0 Å². The summed E-state index contributed by atoms with van der Waals surface area (Å²) in [5, 5.41) is 16.4. The van der Waals surface area contributed by atoms with Crippen molar-refractivity contribution in [3.8, 4) is 11.8 Å². The van der Waals surface area contributed by atoms with Crippen LogP contribution in [0.4, 0.5) is 5.82 Å². The number of nitriles is 1. The lowest BCUT2D eigenvalue weighted by Gasteiger charge is -2.37. The van der Waals surface area contributed by atoms with E-state index in [1.54, 1.807) is 4.68 Å². The maximum absolute atomic E-state index is 12.5. The van der Waals surface area contributed by atoms with Crippen LogP contribution in [-0.2, 0) is 4.79 Å². The summed E-state index contributed by atoms with van der Waals surface area (Å²) in [5.74, 6) is 1.31. The van der Waals surface area contributed by atoms with Crippen LogP contribution in [0.25, 0.3) is 5.69 Å². The first-order valence-electron chi connectivity index (χ1n) is 8.18. The molecule has 1 N–H and O–H groups in total. The molecule has 6 nitrogen and oxygen atoms in total. The quantitative estimate of drug-likeness (QED) is 0.912. The molecule has 130 valence electrons. The molecule has 1 saturated heterocycles. The van der Waals surface area contributed by atoms with Crippen molar-refractivity contribution in [2.24, 2.45) is 0 Å². The second kappa shape index (κ2) is 7.30. The number of nitrogens with one attached hydrogen (secondary N) is 1. The van der Waals surface area contributed by atoms with Gasteiger partial charge in [0.25, 0.3) is 0 Å². The van der Waals surface area contributed by atoms with E-state index < -0.39 is 0 Å². The first-order chi connectivity index (χ1) is 12.0. The Labute approximate surface area is 151 Å². The summed E-state index contributed by atoms with van der Waals surface area (Å²) in [5.41, 5.74) is 1.15. The number of carbonyl (C=O) groups excluding carboxylic acids is 1. The second-order valence-electron chi connectivity index (χ2n) is 6.63. The third-order valence-electron chi connectivity index (χ3n) is 4.02. The molecule has 0 spiro atoms. The molecule has 0 aliphatic carbocycles. The number of carbonyl (C=O) groups is 1. The molecule has 1 aromatic carbocycles. The van der Waals surface area contributed by atoms with E-state index in [1.165, 1.54) is 6.20 Å². The van der Waals surface area contributed by atoms with E-state index in [0.29, 0.717) is 17.9 Å². The van der Waals surface area contributed by atoms with Crippen molar-refractivity contribution in [2.75, 3.05) is 30.7 Å². The molecule has 2 heterocycles. The van der Waals surface area contributed by atoms with Gasteiger partial charge in [0.1, 0.15) is 11.6 Å². The molecule has 1 fully saturated rings. The van der Waals surface area contributed by atoms with Crippen LogP contribution in [-0.4, -0.2) is 50.7 Å². The topological polar surface area (TPSA) is 74.0 Å². The number of anilines is 1. The van der Waals surface area contributed by atoms with E-state index in [9.17, 15) is 10.1 Å².